The minimum Gasteiger partial charge on any atom is -0.358 e. The molecular formula is C9H15Cl6OP. The molecule has 3 unspecified atom stereocenters. The largest absolute Gasteiger partial charge is 0.358 e. The number of hydrogen-bond donors (Lipinski definition) is 0. The van der Waals surface area contributed by atoms with Gasteiger partial charge in [0.15, 0.2) is 0 Å². The summed E-state index contributed by atoms with van der Waals surface area (Å²) in [5.74, 6) is 1.12. The molecule has 0 fully saturated rings. The van der Waals surface area contributed by atoms with E-state index in [1.165, 1.54) is 0 Å². The number of halogens is 6. The Balaban J connectivity index is 4.09. The van der Waals surface area contributed by atoms with E-state index in [9.17, 15) is 0 Å². The van der Waals surface area contributed by atoms with Crippen LogP contribution in [0.5, 0.6) is 0 Å². The highest BCUT2D eigenvalue weighted by atomic mass is 35.5. The van der Waals surface area contributed by atoms with Crippen LogP contribution in [-0.2, 0) is 4.52 Å². The zero-order chi connectivity index (χ0) is 13.3. The number of rotatable bonds is 10. The van der Waals surface area contributed by atoms with Crippen LogP contribution in [0.2, 0.25) is 0 Å². The van der Waals surface area contributed by atoms with Gasteiger partial charge in [-0.15, -0.1) is 69.6 Å². The summed E-state index contributed by atoms with van der Waals surface area (Å²) < 4.78 is 5.70. The molecule has 8 heteroatoms. The van der Waals surface area contributed by atoms with Crippen LogP contribution in [0.1, 0.15) is 0 Å². The highest BCUT2D eigenvalue weighted by molar-refractivity contribution is 7.52. The third kappa shape index (κ3) is 10.6. The molecule has 0 saturated heterocycles. The molecular weight excluding hydrogens is 368 g/mol. The van der Waals surface area contributed by atoms with E-state index >= 15 is 0 Å². The monoisotopic (exact) mass is 380 g/mol. The van der Waals surface area contributed by atoms with E-state index in [-0.39, 0.29) is 16.1 Å². The van der Waals surface area contributed by atoms with Gasteiger partial charge >= 0.3 is 0 Å². The summed E-state index contributed by atoms with van der Waals surface area (Å²) in [6, 6.07) is 0. The molecule has 0 aromatic carbocycles. The topological polar surface area (TPSA) is 9.23 Å². The Bertz CT molecular complexity index is 175. The van der Waals surface area contributed by atoms with Gasteiger partial charge in [0.1, 0.15) is 0 Å². The summed E-state index contributed by atoms with van der Waals surface area (Å²) in [5.41, 5.74) is 0. The minimum atomic E-state index is -0.765. The van der Waals surface area contributed by atoms with Gasteiger partial charge in [-0.1, -0.05) is 0 Å². The molecule has 0 aliphatic rings. The zero-order valence-electron chi connectivity index (χ0n) is 9.10. The van der Waals surface area contributed by atoms with Crippen LogP contribution >= 0.6 is 77.8 Å². The lowest BCUT2D eigenvalue weighted by Crippen LogP contribution is -2.17. The van der Waals surface area contributed by atoms with Crippen molar-refractivity contribution in [3.8, 4) is 0 Å². The molecule has 0 aliphatic carbocycles. The van der Waals surface area contributed by atoms with E-state index < -0.39 is 8.15 Å². The Kier molecular flexibility index (Phi) is 13.4. The van der Waals surface area contributed by atoms with E-state index in [1.54, 1.807) is 0 Å². The van der Waals surface area contributed by atoms with Gasteiger partial charge in [-0.2, -0.15) is 0 Å². The molecule has 0 spiro atoms. The zero-order valence-corrected chi connectivity index (χ0v) is 14.5. The smallest absolute Gasteiger partial charge is 0.0708 e. The Morgan fingerprint density at radius 3 is 1.53 bits per heavy atom. The molecule has 0 rings (SSSR count). The second kappa shape index (κ2) is 11.9. The Labute approximate surface area is 134 Å². The van der Waals surface area contributed by atoms with Crippen molar-refractivity contribution < 1.29 is 4.52 Å². The Morgan fingerprint density at radius 1 is 0.765 bits per heavy atom. The van der Waals surface area contributed by atoms with E-state index in [2.05, 4.69) is 0 Å². The van der Waals surface area contributed by atoms with Gasteiger partial charge in [-0.25, -0.2) is 0 Å². The van der Waals surface area contributed by atoms with Gasteiger partial charge in [-0.05, 0) is 0 Å². The van der Waals surface area contributed by atoms with Crippen molar-refractivity contribution >= 4 is 77.8 Å². The predicted molar refractivity (Wildman–Crippen MR) is 83.7 cm³/mol. The summed E-state index contributed by atoms with van der Waals surface area (Å²) in [4.78, 5) is 0. The van der Waals surface area contributed by atoms with Crippen LogP contribution in [0.4, 0.5) is 0 Å². The summed E-state index contributed by atoms with van der Waals surface area (Å²) >= 11 is 34.8. The molecule has 0 N–H and O–H groups in total. The highest BCUT2D eigenvalue weighted by Crippen LogP contribution is 2.41. The average Bonchev–Trinajstić information content (AvgIpc) is 2.34. The van der Waals surface area contributed by atoms with Gasteiger partial charge in [0.2, 0.25) is 0 Å². The molecule has 0 aromatic heterocycles. The van der Waals surface area contributed by atoms with Gasteiger partial charge in [0.25, 0.3) is 0 Å². The maximum absolute atomic E-state index is 6.00. The van der Waals surface area contributed by atoms with Crippen LogP contribution in [0, 0.1) is 0 Å². The molecule has 0 amide bonds. The first-order valence-electron chi connectivity index (χ1n) is 5.01. The van der Waals surface area contributed by atoms with Gasteiger partial charge in [0, 0.05) is 38.1 Å². The second-order valence-corrected chi connectivity index (χ2v) is 8.13. The van der Waals surface area contributed by atoms with E-state index in [0.29, 0.717) is 36.6 Å². The predicted octanol–water partition coefficient (Wildman–Crippen LogP) is 4.94. The lowest BCUT2D eigenvalue weighted by Gasteiger charge is -2.22. The fourth-order valence-electron chi connectivity index (χ4n) is 0.950. The molecule has 17 heavy (non-hydrogen) atoms. The van der Waals surface area contributed by atoms with Crippen LogP contribution < -0.4 is 0 Å². The maximum atomic E-state index is 6.00. The second-order valence-electron chi connectivity index (χ2n) is 3.40. The van der Waals surface area contributed by atoms with Crippen molar-refractivity contribution in [2.45, 2.75) is 16.1 Å². The first kappa shape index (κ1) is 19.1. The van der Waals surface area contributed by atoms with Gasteiger partial charge < -0.3 is 4.52 Å². The summed E-state index contributed by atoms with van der Waals surface area (Å²) in [5, 5.41) is -0.435. The fourth-order valence-corrected chi connectivity index (χ4v) is 4.53. The van der Waals surface area contributed by atoms with Crippen LogP contribution in [0.15, 0.2) is 0 Å². The summed E-state index contributed by atoms with van der Waals surface area (Å²) in [7, 11) is -0.765. The van der Waals surface area contributed by atoms with Crippen molar-refractivity contribution in [1.29, 1.82) is 0 Å². The molecule has 1 nitrogen and oxygen atoms in total. The normalized spacial score (nSPS) is 18.7. The van der Waals surface area contributed by atoms with E-state index in [1.807, 2.05) is 0 Å². The quantitative estimate of drug-likeness (QED) is 0.384. The first-order valence-corrected chi connectivity index (χ1v) is 9.55. The molecule has 3 atom stereocenters. The standard InChI is InChI=1S/C9H15Cl6OP/c10-1-7(13)4-16-17(5-8(14)2-11)6-9(15)3-12/h7-9H,1-6H2. The van der Waals surface area contributed by atoms with Crippen molar-refractivity contribution in [1.82, 2.24) is 0 Å². The van der Waals surface area contributed by atoms with Crippen molar-refractivity contribution in [2.24, 2.45) is 0 Å². The molecule has 104 valence electrons. The average molecular weight is 383 g/mol. The lowest BCUT2D eigenvalue weighted by atomic mass is 10.5. The van der Waals surface area contributed by atoms with Crippen LogP contribution in [0.3, 0.4) is 0 Å². The van der Waals surface area contributed by atoms with E-state index in [0.717, 1.165) is 0 Å². The Morgan fingerprint density at radius 2 is 1.18 bits per heavy atom. The summed E-state index contributed by atoms with van der Waals surface area (Å²) in [6.07, 6.45) is 1.37. The van der Waals surface area contributed by atoms with Crippen LogP contribution in [0.25, 0.3) is 0 Å². The van der Waals surface area contributed by atoms with Crippen molar-refractivity contribution in [2.75, 3.05) is 36.6 Å². The summed E-state index contributed by atoms with van der Waals surface area (Å²) in [6.45, 7) is 0.397. The van der Waals surface area contributed by atoms with E-state index in [4.69, 9.17) is 74.1 Å². The number of hydrogen-bond acceptors (Lipinski definition) is 1. The Hall–Kier alpha value is 2.13. The molecule has 0 radical (unpaired) electrons. The third-order valence-electron chi connectivity index (χ3n) is 1.74. The third-order valence-corrected chi connectivity index (χ3v) is 6.87. The molecule has 0 saturated carbocycles. The molecule has 0 heterocycles. The molecule has 0 aliphatic heterocycles. The maximum Gasteiger partial charge on any atom is 0.0708 e. The van der Waals surface area contributed by atoms with Crippen molar-refractivity contribution in [3.05, 3.63) is 0 Å². The first-order chi connectivity index (χ1) is 8.03. The van der Waals surface area contributed by atoms with Crippen LogP contribution in [-0.4, -0.2) is 52.7 Å². The number of alkyl halides is 6. The van der Waals surface area contributed by atoms with Gasteiger partial charge in [0.05, 0.1) is 22.7 Å². The highest BCUT2D eigenvalue weighted by Gasteiger charge is 2.19. The molecule has 0 bridgehead atoms. The van der Waals surface area contributed by atoms with Crippen molar-refractivity contribution in [3.63, 3.8) is 0 Å². The molecule has 0 aromatic rings. The fraction of sp³-hybridized carbons (Fsp3) is 1.00. The lowest BCUT2D eigenvalue weighted by molar-refractivity contribution is 0.355. The van der Waals surface area contributed by atoms with Gasteiger partial charge in [-0.3, -0.25) is 0 Å². The minimum absolute atomic E-state index is 0.119. The SMILES string of the molecule is ClCC(Cl)COP(CC(Cl)CCl)CC(Cl)CCl.